The molecule has 0 saturated carbocycles. The zero-order valence-corrected chi connectivity index (χ0v) is 23.0. The van der Waals surface area contributed by atoms with Gasteiger partial charge < -0.3 is 4.98 Å². The summed E-state index contributed by atoms with van der Waals surface area (Å²) in [6.45, 7) is 0. The molecule has 6 aromatic rings. The molecule has 0 aliphatic rings. The van der Waals surface area contributed by atoms with E-state index in [0.29, 0.717) is 5.69 Å². The van der Waals surface area contributed by atoms with Crippen LogP contribution in [-0.2, 0) is 20.1 Å². The summed E-state index contributed by atoms with van der Waals surface area (Å²) in [5, 5.41) is 7.60. The molecule has 208 valence electrons. The quantitative estimate of drug-likeness (QED) is 0.150. The molecule has 0 aliphatic carbocycles. The van der Waals surface area contributed by atoms with Crippen molar-refractivity contribution in [1.82, 2.24) is 24.5 Å². The van der Waals surface area contributed by atoms with Crippen LogP contribution in [0.3, 0.4) is 0 Å². The molecule has 0 radical (unpaired) electrons. The Morgan fingerprint density at radius 3 is 1.44 bits per heavy atom. The van der Waals surface area contributed by atoms with E-state index in [-0.39, 0.29) is 37.0 Å². The molecule has 12 heteroatoms. The number of hydrogen-bond acceptors (Lipinski definition) is 3. The molecule has 6 rings (SSSR count). The third-order valence-electron chi connectivity index (χ3n) is 4.92. The fourth-order valence-electron chi connectivity index (χ4n) is 3.18. The van der Waals surface area contributed by atoms with Crippen LogP contribution in [-0.4, -0.2) is 24.5 Å². The minimum Gasteiger partial charge on any atom is -0.305 e. The summed E-state index contributed by atoms with van der Waals surface area (Å²) in [6.07, 6.45) is 7.69. The maximum atomic E-state index is 13.2. The van der Waals surface area contributed by atoms with Gasteiger partial charge in [-0.25, -0.2) is 0 Å². The van der Waals surface area contributed by atoms with Gasteiger partial charge >= 0.3 is 20.1 Å². The number of aromatic nitrogens is 5. The van der Waals surface area contributed by atoms with E-state index in [1.54, 1.807) is 48.9 Å². The van der Waals surface area contributed by atoms with Crippen molar-refractivity contribution >= 4 is 0 Å². The summed E-state index contributed by atoms with van der Waals surface area (Å²) in [4.78, 5) is 3.95. The van der Waals surface area contributed by atoms with Gasteiger partial charge in [0.15, 0.2) is 0 Å². The van der Waals surface area contributed by atoms with Crippen molar-refractivity contribution in [3.63, 3.8) is 0 Å². The van der Waals surface area contributed by atoms with Gasteiger partial charge in [0.1, 0.15) is 0 Å². The van der Waals surface area contributed by atoms with Crippen LogP contribution in [0.15, 0.2) is 97.7 Å². The summed E-state index contributed by atoms with van der Waals surface area (Å²) in [7, 11) is 0. The van der Waals surface area contributed by atoms with Crippen LogP contribution < -0.4 is 0 Å². The normalized spacial score (nSPS) is 10.0. The molecule has 0 amide bonds. The molecule has 5 nitrogen and oxygen atoms in total. The van der Waals surface area contributed by atoms with Crippen LogP contribution in [0, 0.1) is 53.1 Å². The molecule has 3 aromatic heterocycles. The molecule has 0 atom stereocenters. The van der Waals surface area contributed by atoms with Gasteiger partial charge in [-0.3, -0.25) is 35.7 Å². The molecule has 0 fully saturated rings. The van der Waals surface area contributed by atoms with Gasteiger partial charge in [0, 0.05) is 65.9 Å². The fraction of sp³-hybridized carbons (Fsp3) is 0. The Kier molecular flexibility index (Phi) is 11.1. The fourth-order valence-corrected chi connectivity index (χ4v) is 3.18. The van der Waals surface area contributed by atoms with Crippen LogP contribution in [0.25, 0.3) is 22.6 Å². The maximum absolute atomic E-state index is 13.2. The Morgan fingerprint density at radius 1 is 0.561 bits per heavy atom. The number of halogens is 6. The van der Waals surface area contributed by atoms with Crippen LogP contribution in [0.4, 0.5) is 26.3 Å². The summed E-state index contributed by atoms with van der Waals surface area (Å²) in [6, 6.07) is 21.5. The van der Waals surface area contributed by atoms with Crippen LogP contribution in [0.5, 0.6) is 0 Å². The van der Waals surface area contributed by atoms with Gasteiger partial charge in [-0.15, -0.1) is 36.4 Å². The third-order valence-corrected chi connectivity index (χ3v) is 4.92. The minimum absolute atomic E-state index is 0. The molecular formula is C29H16F6IrN5. The van der Waals surface area contributed by atoms with E-state index < -0.39 is 34.9 Å². The van der Waals surface area contributed by atoms with E-state index >= 15 is 0 Å². The average molecular weight is 741 g/mol. The van der Waals surface area contributed by atoms with E-state index in [1.807, 2.05) is 0 Å². The predicted molar refractivity (Wildman–Crippen MR) is 133 cm³/mol. The molecule has 0 N–H and O–H groups in total. The van der Waals surface area contributed by atoms with E-state index in [2.05, 4.69) is 33.4 Å². The molecule has 0 saturated heterocycles. The number of pyridine rings is 1. The maximum Gasteiger partial charge on any atom is 3.00 e. The first-order valence-electron chi connectivity index (χ1n) is 11.3. The molecule has 0 spiro atoms. The van der Waals surface area contributed by atoms with Crippen molar-refractivity contribution in [2.75, 3.05) is 0 Å². The Hall–Kier alpha value is -4.54. The molecule has 0 aliphatic heterocycles. The molecule has 3 aromatic carbocycles. The summed E-state index contributed by atoms with van der Waals surface area (Å²) in [5.41, 5.74) is 0.870. The second kappa shape index (κ2) is 14.7. The SMILES string of the molecule is Fc1c[c-]c(-c2ccccn2)c(F)c1.Fc1c[c-]c(-n2cccn2)c(F)c1.Fc1c[c-]c(-n2cccn2)c(F)c1.[Ir+3]. The van der Waals surface area contributed by atoms with Crippen molar-refractivity contribution in [3.05, 3.63) is 151 Å². The second-order valence-corrected chi connectivity index (χ2v) is 7.69. The van der Waals surface area contributed by atoms with E-state index in [1.165, 1.54) is 21.8 Å². The van der Waals surface area contributed by atoms with Crippen LogP contribution in [0.2, 0.25) is 0 Å². The number of benzene rings is 3. The van der Waals surface area contributed by atoms with Gasteiger partial charge in [0.2, 0.25) is 0 Å². The van der Waals surface area contributed by atoms with Crippen molar-refractivity contribution in [2.24, 2.45) is 0 Å². The summed E-state index contributed by atoms with van der Waals surface area (Å²) < 4.78 is 79.5. The smallest absolute Gasteiger partial charge is 0.305 e. The second-order valence-electron chi connectivity index (χ2n) is 7.69. The van der Waals surface area contributed by atoms with Gasteiger partial charge in [-0.05, 0) is 35.3 Å². The Morgan fingerprint density at radius 2 is 1.05 bits per heavy atom. The number of hydrogen-bond donors (Lipinski definition) is 0. The summed E-state index contributed by atoms with van der Waals surface area (Å²) >= 11 is 0. The van der Waals surface area contributed by atoms with Crippen molar-refractivity contribution in [1.29, 1.82) is 0 Å². The predicted octanol–water partition coefficient (Wildman–Crippen LogP) is 6.73. The van der Waals surface area contributed by atoms with Gasteiger partial charge in [-0.2, -0.15) is 22.3 Å². The van der Waals surface area contributed by atoms with Crippen molar-refractivity contribution < 1.29 is 46.4 Å². The molecule has 41 heavy (non-hydrogen) atoms. The topological polar surface area (TPSA) is 48.5 Å². The molecule has 0 unspecified atom stereocenters. The standard InChI is InChI=1S/C11H6F2N.2C9H5F2N2.Ir/c12-8-4-5-9(10(13)7-8)11-3-1-2-6-14-11;2*10-7-2-3-9(8(11)6-7)13-5-1-4-12-13;/h1-4,6-7H;2*1-2,4-6H;/q3*-1;+3. The third kappa shape index (κ3) is 8.47. The molecular weight excluding hydrogens is 725 g/mol. The Bertz CT molecular complexity index is 1580. The number of rotatable bonds is 3. The van der Waals surface area contributed by atoms with E-state index in [9.17, 15) is 26.3 Å². The van der Waals surface area contributed by atoms with Gasteiger partial charge in [0.05, 0.1) is 0 Å². The van der Waals surface area contributed by atoms with Crippen molar-refractivity contribution in [2.45, 2.75) is 0 Å². The molecule has 3 heterocycles. The largest absolute Gasteiger partial charge is 3.00 e. The van der Waals surface area contributed by atoms with E-state index in [0.717, 1.165) is 36.4 Å². The average Bonchev–Trinajstić information content (AvgIpc) is 3.65. The number of nitrogens with zero attached hydrogens (tertiary/aromatic N) is 5. The van der Waals surface area contributed by atoms with Crippen molar-refractivity contribution in [3.8, 4) is 22.6 Å². The first-order chi connectivity index (χ1) is 19.3. The zero-order chi connectivity index (χ0) is 28.5. The van der Waals surface area contributed by atoms with Gasteiger partial charge in [-0.1, -0.05) is 23.8 Å². The van der Waals surface area contributed by atoms with Crippen LogP contribution >= 0.6 is 0 Å². The first kappa shape index (κ1) is 31.0. The monoisotopic (exact) mass is 741 g/mol. The summed E-state index contributed by atoms with van der Waals surface area (Å²) in [5.74, 6) is -3.93. The first-order valence-corrected chi connectivity index (χ1v) is 11.3. The van der Waals surface area contributed by atoms with Crippen LogP contribution in [0.1, 0.15) is 0 Å². The minimum atomic E-state index is -0.677. The zero-order valence-electron chi connectivity index (χ0n) is 20.6. The Labute approximate surface area is 244 Å². The van der Waals surface area contributed by atoms with E-state index in [4.69, 9.17) is 0 Å². The molecule has 0 bridgehead atoms. The Balaban J connectivity index is 0.000000167. The van der Waals surface area contributed by atoms with Gasteiger partial charge in [0.25, 0.3) is 0 Å².